The van der Waals surface area contributed by atoms with Gasteiger partial charge in [-0.1, -0.05) is 17.7 Å². The van der Waals surface area contributed by atoms with E-state index in [9.17, 15) is 5.11 Å². The van der Waals surface area contributed by atoms with Crippen molar-refractivity contribution < 1.29 is 5.11 Å². The van der Waals surface area contributed by atoms with Crippen LogP contribution in [0.4, 0.5) is 0 Å². The van der Waals surface area contributed by atoms with Crippen molar-refractivity contribution in [3.8, 4) is 5.75 Å². The molecule has 14 heavy (non-hydrogen) atoms. The number of rotatable bonds is 3. The fourth-order valence-corrected chi connectivity index (χ4v) is 2.01. The van der Waals surface area contributed by atoms with E-state index in [-0.39, 0.29) is 11.8 Å². The Hall–Kier alpha value is -0.510. The number of benzene rings is 1. The number of phenolic OH excluding ortho intramolecular Hbond substituents is 1. The maximum atomic E-state index is 9.70. The van der Waals surface area contributed by atoms with Crippen LogP contribution in [0.2, 0.25) is 5.02 Å². The molecule has 0 aliphatic rings. The van der Waals surface area contributed by atoms with Gasteiger partial charge in [0.2, 0.25) is 0 Å². The summed E-state index contributed by atoms with van der Waals surface area (Å²) in [6, 6.07) is 3.01. The largest absolute Gasteiger partial charge is 0.506 e. The minimum absolute atomic E-state index is 0.142. The van der Waals surface area contributed by atoms with Gasteiger partial charge in [-0.25, -0.2) is 0 Å². The Labute approximate surface area is 96.5 Å². The number of hydrogen-bond acceptors (Lipinski definition) is 2. The third kappa shape index (κ3) is 2.50. The maximum absolute atomic E-state index is 9.70. The van der Waals surface area contributed by atoms with Crippen LogP contribution < -0.4 is 5.73 Å². The summed E-state index contributed by atoms with van der Waals surface area (Å²) in [6.45, 7) is 3.59. The summed E-state index contributed by atoms with van der Waals surface area (Å²) >= 11 is 9.04. The Balaban J connectivity index is 3.12. The first-order chi connectivity index (χ1) is 6.56. The van der Waals surface area contributed by atoms with Crippen molar-refractivity contribution in [3.05, 3.63) is 39.8 Å². The number of nitrogens with two attached hydrogens (primary N) is 1. The Bertz CT molecular complexity index is 354. The Morgan fingerprint density at radius 3 is 2.86 bits per heavy atom. The summed E-state index contributed by atoms with van der Waals surface area (Å²) in [6.07, 6.45) is 2.30. The van der Waals surface area contributed by atoms with E-state index in [1.165, 1.54) is 0 Å². The van der Waals surface area contributed by atoms with Gasteiger partial charge in [0, 0.05) is 16.6 Å². The second-order valence-corrected chi connectivity index (χ2v) is 4.25. The molecule has 0 spiro atoms. The minimum Gasteiger partial charge on any atom is -0.506 e. The second kappa shape index (κ2) is 4.82. The van der Waals surface area contributed by atoms with Gasteiger partial charge in [0.1, 0.15) is 5.75 Å². The first kappa shape index (κ1) is 11.6. The molecule has 4 heteroatoms. The van der Waals surface area contributed by atoms with Gasteiger partial charge in [0.25, 0.3) is 0 Å². The Kier molecular flexibility index (Phi) is 3.98. The molecule has 0 saturated carbocycles. The molecule has 0 bridgehead atoms. The molecule has 1 atom stereocenters. The highest BCUT2D eigenvalue weighted by molar-refractivity contribution is 9.10. The standard InChI is InChI=1S/C10H11BrClNO/c1-2-3-9(13)7-4-6(12)5-8(11)10(7)14/h2,4-5,9,14H,1,3,13H2/t9-/m0/s1. The van der Waals surface area contributed by atoms with Crippen molar-refractivity contribution in [1.29, 1.82) is 0 Å². The van der Waals surface area contributed by atoms with Crippen molar-refractivity contribution in [1.82, 2.24) is 0 Å². The summed E-state index contributed by atoms with van der Waals surface area (Å²) in [7, 11) is 0. The van der Waals surface area contributed by atoms with Crippen LogP contribution in [0.25, 0.3) is 0 Å². The minimum atomic E-state index is -0.275. The van der Waals surface area contributed by atoms with Crippen LogP contribution in [-0.4, -0.2) is 5.11 Å². The smallest absolute Gasteiger partial charge is 0.134 e. The number of halogens is 2. The van der Waals surface area contributed by atoms with Crippen LogP contribution in [0.5, 0.6) is 5.75 Å². The van der Waals surface area contributed by atoms with E-state index in [0.29, 0.717) is 21.5 Å². The summed E-state index contributed by atoms with van der Waals surface area (Å²) in [5.74, 6) is 0.142. The molecule has 0 fully saturated rings. The SMILES string of the molecule is C=CC[C@H](N)c1cc(Cl)cc(Br)c1O. The molecule has 1 aromatic rings. The molecule has 0 unspecified atom stereocenters. The van der Waals surface area contributed by atoms with Crippen LogP contribution in [0.1, 0.15) is 18.0 Å². The molecule has 0 radical (unpaired) electrons. The van der Waals surface area contributed by atoms with Crippen LogP contribution in [-0.2, 0) is 0 Å². The van der Waals surface area contributed by atoms with Gasteiger partial charge in [-0.05, 0) is 34.5 Å². The fourth-order valence-electron chi connectivity index (χ4n) is 1.18. The summed E-state index contributed by atoms with van der Waals surface area (Å²) < 4.78 is 0.555. The maximum Gasteiger partial charge on any atom is 0.134 e. The van der Waals surface area contributed by atoms with Gasteiger partial charge in [-0.3, -0.25) is 0 Å². The number of phenols is 1. The second-order valence-electron chi connectivity index (χ2n) is 2.96. The number of hydrogen-bond donors (Lipinski definition) is 2. The molecule has 0 amide bonds. The van der Waals surface area contributed by atoms with Gasteiger partial charge in [0.15, 0.2) is 0 Å². The number of aromatic hydroxyl groups is 1. The first-order valence-electron chi connectivity index (χ1n) is 4.10. The molecule has 2 nitrogen and oxygen atoms in total. The molecule has 0 aromatic heterocycles. The van der Waals surface area contributed by atoms with E-state index in [0.717, 1.165) is 0 Å². The van der Waals surface area contributed by atoms with E-state index in [1.54, 1.807) is 18.2 Å². The van der Waals surface area contributed by atoms with Crippen LogP contribution in [0.3, 0.4) is 0 Å². The quantitative estimate of drug-likeness (QED) is 0.831. The molecule has 1 aromatic carbocycles. The zero-order chi connectivity index (χ0) is 10.7. The van der Waals surface area contributed by atoms with E-state index in [1.807, 2.05) is 0 Å². The average Bonchev–Trinajstić information content (AvgIpc) is 2.11. The first-order valence-corrected chi connectivity index (χ1v) is 5.27. The van der Waals surface area contributed by atoms with E-state index in [2.05, 4.69) is 22.5 Å². The molecule has 0 heterocycles. The predicted molar refractivity (Wildman–Crippen MR) is 62.6 cm³/mol. The van der Waals surface area contributed by atoms with Crippen LogP contribution in [0, 0.1) is 0 Å². The van der Waals surface area contributed by atoms with Crippen LogP contribution >= 0.6 is 27.5 Å². The average molecular weight is 277 g/mol. The molecular formula is C10H11BrClNO. The molecule has 0 aliphatic heterocycles. The third-order valence-electron chi connectivity index (χ3n) is 1.88. The predicted octanol–water partition coefficient (Wildman–Crippen LogP) is 3.38. The van der Waals surface area contributed by atoms with E-state index in [4.69, 9.17) is 17.3 Å². The lowest BCUT2D eigenvalue weighted by Gasteiger charge is -2.13. The summed E-state index contributed by atoms with van der Waals surface area (Å²) in [5, 5.41) is 10.2. The molecule has 0 aliphatic carbocycles. The highest BCUT2D eigenvalue weighted by atomic mass is 79.9. The molecule has 76 valence electrons. The molecule has 0 saturated heterocycles. The molecule has 3 N–H and O–H groups in total. The molecular weight excluding hydrogens is 265 g/mol. The topological polar surface area (TPSA) is 46.2 Å². The van der Waals surface area contributed by atoms with E-state index < -0.39 is 0 Å². The van der Waals surface area contributed by atoms with Gasteiger partial charge in [-0.2, -0.15) is 0 Å². The van der Waals surface area contributed by atoms with Crippen molar-refractivity contribution >= 4 is 27.5 Å². The van der Waals surface area contributed by atoms with Crippen LogP contribution in [0.15, 0.2) is 29.3 Å². The Morgan fingerprint density at radius 2 is 2.29 bits per heavy atom. The lowest BCUT2D eigenvalue weighted by atomic mass is 10.0. The normalized spacial score (nSPS) is 12.5. The zero-order valence-electron chi connectivity index (χ0n) is 7.50. The van der Waals surface area contributed by atoms with E-state index >= 15 is 0 Å². The third-order valence-corrected chi connectivity index (χ3v) is 2.70. The fraction of sp³-hybridized carbons (Fsp3) is 0.200. The van der Waals surface area contributed by atoms with Gasteiger partial charge < -0.3 is 10.8 Å². The Morgan fingerprint density at radius 1 is 1.64 bits per heavy atom. The lowest BCUT2D eigenvalue weighted by molar-refractivity contribution is 0.458. The summed E-state index contributed by atoms with van der Waals surface area (Å²) in [4.78, 5) is 0. The van der Waals surface area contributed by atoms with Crippen molar-refractivity contribution in [2.45, 2.75) is 12.5 Å². The van der Waals surface area contributed by atoms with Gasteiger partial charge >= 0.3 is 0 Å². The highest BCUT2D eigenvalue weighted by Gasteiger charge is 2.13. The summed E-state index contributed by atoms with van der Waals surface area (Å²) in [5.41, 5.74) is 6.46. The lowest BCUT2D eigenvalue weighted by Crippen LogP contribution is -2.09. The van der Waals surface area contributed by atoms with Crippen molar-refractivity contribution in [3.63, 3.8) is 0 Å². The van der Waals surface area contributed by atoms with Crippen molar-refractivity contribution in [2.24, 2.45) is 5.73 Å². The highest BCUT2D eigenvalue weighted by Crippen LogP contribution is 2.35. The monoisotopic (exact) mass is 275 g/mol. The molecule has 1 rings (SSSR count). The van der Waals surface area contributed by atoms with Crippen molar-refractivity contribution in [2.75, 3.05) is 0 Å². The zero-order valence-corrected chi connectivity index (χ0v) is 9.85. The van der Waals surface area contributed by atoms with Gasteiger partial charge in [0.05, 0.1) is 4.47 Å². The van der Waals surface area contributed by atoms with Gasteiger partial charge in [-0.15, -0.1) is 6.58 Å².